The molecule has 0 radical (unpaired) electrons. The van der Waals surface area contributed by atoms with Gasteiger partial charge >= 0.3 is 0 Å². The Morgan fingerprint density at radius 1 is 0.635 bits per heavy atom. The maximum Gasteiger partial charge on any atom is 0.186 e. The molecule has 0 bridgehead atoms. The number of fused-ring (bicyclic) bond motifs is 3. The van der Waals surface area contributed by atoms with E-state index in [0.717, 1.165) is 92.8 Å². The molecule has 0 unspecified atom stereocenters. The Balaban J connectivity index is 1.08. The first-order chi connectivity index (χ1) is 30.7. The lowest BCUT2D eigenvalue weighted by molar-refractivity contribution is -0.302. The van der Waals surface area contributed by atoms with Crippen molar-refractivity contribution in [1.29, 1.82) is 0 Å². The SMILES string of the molecule is CCn1c2ccccc2c2cc(-c3nc(-c4ccc(N5CCN(C)CC5)cc4)c(-c4ccc(N5CCN(C)CC5)cc4)n3CCOCCO[C@H]3O[C@H](CO)[C@H](O)[C@@H](O)[C@@H]3O)ccc21. The van der Waals surface area contributed by atoms with Gasteiger partial charge in [0.2, 0.25) is 0 Å². The van der Waals surface area contributed by atoms with Crippen LogP contribution in [0.1, 0.15) is 6.92 Å². The number of benzene rings is 4. The first kappa shape index (κ1) is 43.4. The lowest BCUT2D eigenvalue weighted by atomic mass is 9.99. The third-order valence-electron chi connectivity index (χ3n) is 13.2. The van der Waals surface area contributed by atoms with Crippen LogP contribution in [0.15, 0.2) is 91.0 Å². The van der Waals surface area contributed by atoms with E-state index in [0.29, 0.717) is 13.2 Å². The largest absolute Gasteiger partial charge is 0.394 e. The molecule has 14 nitrogen and oxygen atoms in total. The van der Waals surface area contributed by atoms with Crippen molar-refractivity contribution in [2.24, 2.45) is 0 Å². The first-order valence-corrected chi connectivity index (χ1v) is 22.4. The van der Waals surface area contributed by atoms with Crippen LogP contribution in [0.2, 0.25) is 0 Å². The van der Waals surface area contributed by atoms with Crippen molar-refractivity contribution < 1.29 is 34.6 Å². The zero-order valence-electron chi connectivity index (χ0n) is 36.6. The van der Waals surface area contributed by atoms with Crippen molar-refractivity contribution in [2.45, 2.75) is 50.7 Å². The number of aliphatic hydroxyl groups is 4. The molecule has 334 valence electrons. The zero-order chi connectivity index (χ0) is 43.6. The predicted molar refractivity (Wildman–Crippen MR) is 247 cm³/mol. The number of aromatic nitrogens is 3. The maximum atomic E-state index is 10.5. The van der Waals surface area contributed by atoms with Gasteiger partial charge in [0.15, 0.2) is 6.29 Å². The Hall–Kier alpha value is -4.87. The van der Waals surface area contributed by atoms with E-state index in [1.807, 2.05) is 0 Å². The minimum atomic E-state index is -1.51. The van der Waals surface area contributed by atoms with E-state index in [-0.39, 0.29) is 13.2 Å². The highest BCUT2D eigenvalue weighted by Gasteiger charge is 2.44. The first-order valence-electron chi connectivity index (χ1n) is 22.4. The maximum absolute atomic E-state index is 10.5. The second kappa shape index (κ2) is 19.1. The average Bonchev–Trinajstić information content (AvgIpc) is 3.86. The topological polar surface area (TPSA) is 144 Å². The molecular formula is C49H61N7O7. The number of aryl methyl sites for hydroxylation is 1. The summed E-state index contributed by atoms with van der Waals surface area (Å²) in [5, 5.41) is 42.9. The van der Waals surface area contributed by atoms with Gasteiger partial charge in [0.05, 0.1) is 37.8 Å². The van der Waals surface area contributed by atoms with Gasteiger partial charge in [-0.1, -0.05) is 42.5 Å². The smallest absolute Gasteiger partial charge is 0.186 e. The van der Waals surface area contributed by atoms with Crippen molar-refractivity contribution >= 4 is 33.2 Å². The summed E-state index contributed by atoms with van der Waals surface area (Å²) in [6.07, 6.45) is -6.69. The van der Waals surface area contributed by atoms with Crippen LogP contribution in [-0.4, -0.2) is 168 Å². The van der Waals surface area contributed by atoms with Crippen molar-refractivity contribution in [1.82, 2.24) is 23.9 Å². The van der Waals surface area contributed by atoms with E-state index < -0.39 is 37.3 Å². The van der Waals surface area contributed by atoms with Gasteiger partial charge < -0.3 is 63.4 Å². The highest BCUT2D eigenvalue weighted by Crippen LogP contribution is 2.40. The van der Waals surface area contributed by atoms with Crippen LogP contribution in [0.4, 0.5) is 11.4 Å². The van der Waals surface area contributed by atoms with Gasteiger partial charge in [-0.2, -0.15) is 0 Å². The second-order valence-electron chi connectivity index (χ2n) is 17.1. The van der Waals surface area contributed by atoms with Gasteiger partial charge in [-0.25, -0.2) is 4.98 Å². The van der Waals surface area contributed by atoms with Gasteiger partial charge in [-0.15, -0.1) is 0 Å². The molecule has 4 aromatic carbocycles. The van der Waals surface area contributed by atoms with Gasteiger partial charge in [-0.3, -0.25) is 0 Å². The molecule has 6 aromatic rings. The van der Waals surface area contributed by atoms with Crippen molar-refractivity contribution in [3.8, 4) is 33.9 Å². The molecule has 3 aliphatic heterocycles. The summed E-state index contributed by atoms with van der Waals surface area (Å²) in [6, 6.07) is 33.0. The molecule has 0 spiro atoms. The molecule has 0 amide bonds. The molecule has 3 saturated heterocycles. The quantitative estimate of drug-likeness (QED) is 0.116. The molecule has 4 N–H and O–H groups in total. The minimum absolute atomic E-state index is 0.0587. The number of hydrogen-bond acceptors (Lipinski definition) is 12. The molecule has 5 heterocycles. The molecule has 14 heteroatoms. The number of rotatable bonds is 14. The van der Waals surface area contributed by atoms with Crippen LogP contribution in [0.25, 0.3) is 55.7 Å². The monoisotopic (exact) mass is 859 g/mol. The highest BCUT2D eigenvalue weighted by molar-refractivity contribution is 6.09. The molecular weight excluding hydrogens is 799 g/mol. The Morgan fingerprint density at radius 3 is 1.87 bits per heavy atom. The standard InChI is InChI=1S/C49H61N7O7/c1-4-55-40-8-6-5-7-38(40)39-31-35(13-18-41(39)55)48-50-43(33-9-14-36(15-10-33)53-23-19-51(2)20-24-53)44(34-11-16-37(17-12-34)54-25-21-52(3)22-26-54)56(48)27-28-61-29-30-62-49-47(60)46(59)45(58)42(32-57)63-49/h5-18,31,42,45-47,49,57-60H,4,19-30,32H2,1-3H3/t42-,45+,46-,47+,49+/m1/s1. The predicted octanol–water partition coefficient (Wildman–Crippen LogP) is 4.35. The van der Waals surface area contributed by atoms with E-state index >= 15 is 0 Å². The van der Waals surface area contributed by atoms with Gasteiger partial charge in [0.1, 0.15) is 30.2 Å². The molecule has 0 aliphatic carbocycles. The number of anilines is 2. The lowest BCUT2D eigenvalue weighted by Crippen LogP contribution is -2.59. The molecule has 2 aromatic heterocycles. The van der Waals surface area contributed by atoms with Gasteiger partial charge in [-0.05, 0) is 69.6 Å². The number of likely N-dealkylation sites (N-methyl/N-ethyl adjacent to an activating group) is 2. The number of aliphatic hydroxyl groups excluding tert-OH is 4. The number of para-hydroxylation sites is 1. The molecule has 3 fully saturated rings. The molecule has 3 aliphatic rings. The second-order valence-corrected chi connectivity index (χ2v) is 17.1. The van der Waals surface area contributed by atoms with E-state index in [1.54, 1.807) is 0 Å². The number of hydrogen-bond donors (Lipinski definition) is 4. The summed E-state index contributed by atoms with van der Waals surface area (Å²) in [6.45, 7) is 11.6. The average molecular weight is 860 g/mol. The van der Waals surface area contributed by atoms with E-state index in [4.69, 9.17) is 19.2 Å². The Bertz CT molecular complexity index is 2450. The van der Waals surface area contributed by atoms with E-state index in [9.17, 15) is 20.4 Å². The van der Waals surface area contributed by atoms with Crippen molar-refractivity contribution in [3.05, 3.63) is 91.0 Å². The summed E-state index contributed by atoms with van der Waals surface area (Å²) in [5.74, 6) is 0.836. The van der Waals surface area contributed by atoms with Gasteiger partial charge in [0.25, 0.3) is 0 Å². The van der Waals surface area contributed by atoms with Crippen LogP contribution in [0, 0.1) is 0 Å². The minimum Gasteiger partial charge on any atom is -0.394 e. The Labute approximate surface area is 369 Å². The summed E-state index contributed by atoms with van der Waals surface area (Å²) in [4.78, 5) is 15.2. The number of imidazole rings is 1. The fraction of sp³-hybridized carbons (Fsp3) is 0.449. The fourth-order valence-corrected chi connectivity index (χ4v) is 9.39. The van der Waals surface area contributed by atoms with Crippen LogP contribution in [0.5, 0.6) is 0 Å². The third-order valence-corrected chi connectivity index (χ3v) is 13.2. The number of ether oxygens (including phenoxy) is 3. The summed E-state index contributed by atoms with van der Waals surface area (Å²) < 4.78 is 22.1. The summed E-state index contributed by atoms with van der Waals surface area (Å²) in [7, 11) is 4.35. The fourth-order valence-electron chi connectivity index (χ4n) is 9.39. The van der Waals surface area contributed by atoms with Crippen LogP contribution in [-0.2, 0) is 27.3 Å². The molecule has 0 saturated carbocycles. The van der Waals surface area contributed by atoms with Crippen LogP contribution >= 0.6 is 0 Å². The number of nitrogens with zero attached hydrogens (tertiary/aromatic N) is 7. The van der Waals surface area contributed by atoms with Gasteiger partial charge in [0, 0.05) is 115 Å². The molecule has 63 heavy (non-hydrogen) atoms. The third kappa shape index (κ3) is 8.84. The Morgan fingerprint density at radius 2 is 1.24 bits per heavy atom. The number of piperazine rings is 2. The van der Waals surface area contributed by atoms with Crippen LogP contribution < -0.4 is 9.80 Å². The molecule has 9 rings (SSSR count). The summed E-state index contributed by atoms with van der Waals surface area (Å²) >= 11 is 0. The Kier molecular flexibility index (Phi) is 13.1. The van der Waals surface area contributed by atoms with Crippen molar-refractivity contribution in [3.63, 3.8) is 0 Å². The van der Waals surface area contributed by atoms with E-state index in [2.05, 4.69) is 141 Å². The summed E-state index contributed by atoms with van der Waals surface area (Å²) in [5.41, 5.74) is 9.79. The van der Waals surface area contributed by atoms with Crippen molar-refractivity contribution in [2.75, 3.05) is 103 Å². The van der Waals surface area contributed by atoms with Crippen LogP contribution in [0.3, 0.4) is 0 Å². The normalized spacial score (nSPS) is 22.7. The zero-order valence-corrected chi connectivity index (χ0v) is 36.6. The lowest BCUT2D eigenvalue weighted by Gasteiger charge is -2.39. The highest BCUT2D eigenvalue weighted by atomic mass is 16.7. The van der Waals surface area contributed by atoms with E-state index in [1.165, 1.54) is 33.2 Å². The molecule has 5 atom stereocenters.